The van der Waals surface area contributed by atoms with Crippen molar-refractivity contribution in [2.24, 2.45) is 0 Å². The van der Waals surface area contributed by atoms with Gasteiger partial charge >= 0.3 is 13.8 Å². The van der Waals surface area contributed by atoms with Crippen molar-refractivity contribution in [3.63, 3.8) is 0 Å². The molecule has 58 heavy (non-hydrogen) atoms. The minimum absolute atomic E-state index is 0.0495. The number of allylic oxidation sites excluding steroid dienone is 4. The predicted octanol–water partition coefficient (Wildman–Crippen LogP) is 13.8. The maximum atomic E-state index is 12.7. The summed E-state index contributed by atoms with van der Waals surface area (Å²) in [6.07, 6.45) is 48.5. The standard InChI is InChI=1S/C48H93O9P/c1-3-5-7-9-11-13-15-17-19-21-23-24-26-28-30-32-34-36-38-40-48(51)57-47(45-56-58(52,53)55-43-46(50)42-49)44-54-41-39-37-35-33-31-29-27-25-22-20-18-16-14-12-10-8-6-4-2/h12,14,18,20,46-47,49-50H,3-11,13,15-17,19,21-45H2,1-2H3,(H,52,53)/b14-12-,20-18-. The van der Waals surface area contributed by atoms with Crippen molar-refractivity contribution < 1.29 is 43.0 Å². The maximum absolute atomic E-state index is 12.7. The highest BCUT2D eigenvalue weighted by atomic mass is 31.2. The molecule has 0 saturated heterocycles. The number of hydrogen-bond donors (Lipinski definition) is 3. The van der Waals surface area contributed by atoms with Crippen LogP contribution in [0.25, 0.3) is 0 Å². The Hall–Kier alpha value is -1.06. The van der Waals surface area contributed by atoms with E-state index in [0.29, 0.717) is 6.61 Å². The van der Waals surface area contributed by atoms with E-state index in [9.17, 15) is 19.4 Å². The van der Waals surface area contributed by atoms with Gasteiger partial charge in [0.15, 0.2) is 0 Å². The predicted molar refractivity (Wildman–Crippen MR) is 242 cm³/mol. The Kier molecular flexibility index (Phi) is 44.6. The molecule has 0 bridgehead atoms. The minimum Gasteiger partial charge on any atom is -0.457 e. The van der Waals surface area contributed by atoms with Gasteiger partial charge in [0.25, 0.3) is 0 Å². The van der Waals surface area contributed by atoms with Gasteiger partial charge in [-0.3, -0.25) is 13.8 Å². The van der Waals surface area contributed by atoms with Crippen LogP contribution in [-0.4, -0.2) is 66.3 Å². The molecule has 10 heteroatoms. The lowest BCUT2D eigenvalue weighted by atomic mass is 10.0. The number of hydrogen-bond acceptors (Lipinski definition) is 8. The number of ether oxygens (including phenoxy) is 2. The van der Waals surface area contributed by atoms with E-state index in [1.807, 2.05) is 0 Å². The second-order valence-corrected chi connectivity index (χ2v) is 17.9. The fourth-order valence-electron chi connectivity index (χ4n) is 6.92. The summed E-state index contributed by atoms with van der Waals surface area (Å²) in [4.78, 5) is 22.7. The number of aliphatic hydroxyl groups is 2. The number of unbranched alkanes of at least 4 members (excludes halogenated alkanes) is 29. The molecule has 0 heterocycles. The number of carbonyl (C=O) groups is 1. The number of aliphatic hydroxyl groups excluding tert-OH is 2. The normalized spacial score (nSPS) is 14.1. The van der Waals surface area contributed by atoms with Gasteiger partial charge < -0.3 is 24.6 Å². The van der Waals surface area contributed by atoms with Crippen LogP contribution in [0.15, 0.2) is 24.3 Å². The summed E-state index contributed by atoms with van der Waals surface area (Å²) >= 11 is 0. The molecule has 0 rings (SSSR count). The van der Waals surface area contributed by atoms with E-state index >= 15 is 0 Å². The smallest absolute Gasteiger partial charge is 0.457 e. The molecule has 0 aliphatic heterocycles. The summed E-state index contributed by atoms with van der Waals surface area (Å²) < 4.78 is 33.5. The van der Waals surface area contributed by atoms with Gasteiger partial charge in [-0.25, -0.2) is 4.57 Å². The van der Waals surface area contributed by atoms with E-state index < -0.39 is 33.2 Å². The van der Waals surface area contributed by atoms with Gasteiger partial charge in [-0.1, -0.05) is 205 Å². The van der Waals surface area contributed by atoms with Crippen LogP contribution in [0, 0.1) is 0 Å². The molecule has 0 aromatic carbocycles. The van der Waals surface area contributed by atoms with Crippen LogP contribution in [0.2, 0.25) is 0 Å². The molecule has 344 valence electrons. The van der Waals surface area contributed by atoms with Crippen molar-refractivity contribution in [1.82, 2.24) is 0 Å². The highest BCUT2D eigenvalue weighted by Crippen LogP contribution is 2.43. The zero-order chi connectivity index (χ0) is 42.5. The van der Waals surface area contributed by atoms with Crippen molar-refractivity contribution in [2.45, 2.75) is 244 Å². The zero-order valence-corrected chi connectivity index (χ0v) is 38.7. The molecule has 0 aliphatic carbocycles. The molecule has 0 aliphatic rings. The first-order valence-electron chi connectivity index (χ1n) is 24.3. The molecule has 9 nitrogen and oxygen atoms in total. The molecule has 0 aromatic heterocycles. The van der Waals surface area contributed by atoms with E-state index in [2.05, 4.69) is 38.2 Å². The van der Waals surface area contributed by atoms with Crippen LogP contribution in [0.3, 0.4) is 0 Å². The average Bonchev–Trinajstić information content (AvgIpc) is 3.21. The van der Waals surface area contributed by atoms with Gasteiger partial charge in [0.05, 0.1) is 26.4 Å². The van der Waals surface area contributed by atoms with Crippen LogP contribution in [0.1, 0.15) is 232 Å². The topological polar surface area (TPSA) is 132 Å². The van der Waals surface area contributed by atoms with Gasteiger partial charge in [-0.2, -0.15) is 0 Å². The first kappa shape index (κ1) is 56.9. The monoisotopic (exact) mass is 845 g/mol. The second-order valence-electron chi connectivity index (χ2n) is 16.5. The fourth-order valence-corrected chi connectivity index (χ4v) is 7.71. The fraction of sp³-hybridized carbons (Fsp3) is 0.896. The van der Waals surface area contributed by atoms with Gasteiger partial charge in [0.2, 0.25) is 0 Å². The van der Waals surface area contributed by atoms with Crippen LogP contribution >= 0.6 is 7.82 Å². The average molecular weight is 845 g/mol. The lowest BCUT2D eigenvalue weighted by Gasteiger charge is -2.20. The van der Waals surface area contributed by atoms with E-state index in [4.69, 9.17) is 23.6 Å². The van der Waals surface area contributed by atoms with Crippen molar-refractivity contribution >= 4 is 13.8 Å². The van der Waals surface area contributed by atoms with Crippen molar-refractivity contribution in [1.29, 1.82) is 0 Å². The molecule has 0 aromatic rings. The van der Waals surface area contributed by atoms with Crippen molar-refractivity contribution in [3.05, 3.63) is 24.3 Å². The Morgan fingerprint density at radius 1 is 0.534 bits per heavy atom. The quantitative estimate of drug-likeness (QED) is 0.0237. The van der Waals surface area contributed by atoms with E-state index in [0.717, 1.165) is 51.4 Å². The lowest BCUT2D eigenvalue weighted by molar-refractivity contribution is -0.154. The SMILES string of the molecule is CCCCC/C=C\C/C=C\CCCCCCCCCCOCC(COP(=O)(O)OCC(O)CO)OC(=O)CCCCCCCCCCCCCCCCCCCCC. The van der Waals surface area contributed by atoms with Crippen molar-refractivity contribution in [3.8, 4) is 0 Å². The lowest BCUT2D eigenvalue weighted by Crippen LogP contribution is -2.29. The molecular weight excluding hydrogens is 751 g/mol. The molecule has 0 fully saturated rings. The molecule has 0 spiro atoms. The third-order valence-corrected chi connectivity index (χ3v) is 11.6. The Morgan fingerprint density at radius 2 is 0.931 bits per heavy atom. The Bertz CT molecular complexity index is 959. The molecular formula is C48H93O9P. The first-order valence-corrected chi connectivity index (χ1v) is 25.8. The molecule has 3 unspecified atom stereocenters. The van der Waals surface area contributed by atoms with Crippen LogP contribution in [0.5, 0.6) is 0 Å². The summed E-state index contributed by atoms with van der Waals surface area (Å²) in [5.74, 6) is -0.380. The third-order valence-electron chi connectivity index (χ3n) is 10.6. The molecule has 3 atom stereocenters. The molecule has 0 saturated carbocycles. The second kappa shape index (κ2) is 45.5. The number of phosphoric acid groups is 1. The van der Waals surface area contributed by atoms with Gasteiger partial charge in [0.1, 0.15) is 12.2 Å². The van der Waals surface area contributed by atoms with Crippen molar-refractivity contribution in [2.75, 3.05) is 33.0 Å². The Labute approximate surface area is 357 Å². The Morgan fingerprint density at radius 3 is 1.41 bits per heavy atom. The van der Waals surface area contributed by atoms with Crippen LogP contribution in [0.4, 0.5) is 0 Å². The number of rotatable bonds is 47. The van der Waals surface area contributed by atoms with E-state index in [1.165, 1.54) is 161 Å². The molecule has 0 amide bonds. The van der Waals surface area contributed by atoms with Crippen LogP contribution in [-0.2, 0) is 27.9 Å². The number of esters is 1. The highest BCUT2D eigenvalue weighted by Gasteiger charge is 2.26. The molecule has 0 radical (unpaired) electrons. The minimum atomic E-state index is -4.52. The summed E-state index contributed by atoms with van der Waals surface area (Å²) in [5.41, 5.74) is 0. The summed E-state index contributed by atoms with van der Waals surface area (Å²) in [6, 6.07) is 0. The largest absolute Gasteiger partial charge is 0.472 e. The summed E-state index contributed by atoms with van der Waals surface area (Å²) in [5, 5.41) is 18.4. The summed E-state index contributed by atoms with van der Waals surface area (Å²) in [7, 11) is -4.52. The van der Waals surface area contributed by atoms with Crippen LogP contribution < -0.4 is 0 Å². The number of carbonyl (C=O) groups excluding carboxylic acids is 1. The van der Waals surface area contributed by atoms with E-state index in [-0.39, 0.29) is 25.6 Å². The highest BCUT2D eigenvalue weighted by molar-refractivity contribution is 7.47. The van der Waals surface area contributed by atoms with Gasteiger partial charge in [-0.15, -0.1) is 0 Å². The first-order chi connectivity index (χ1) is 28.3. The molecule has 3 N–H and O–H groups in total. The van der Waals surface area contributed by atoms with E-state index in [1.54, 1.807) is 0 Å². The Balaban J connectivity index is 4.09. The number of phosphoric ester groups is 1. The summed E-state index contributed by atoms with van der Waals surface area (Å²) in [6.45, 7) is 3.53. The van der Waals surface area contributed by atoms with Gasteiger partial charge in [-0.05, 0) is 44.9 Å². The van der Waals surface area contributed by atoms with Gasteiger partial charge in [0, 0.05) is 13.0 Å². The third kappa shape index (κ3) is 44.5. The maximum Gasteiger partial charge on any atom is 0.472 e. The zero-order valence-electron chi connectivity index (χ0n) is 37.8.